The van der Waals surface area contributed by atoms with E-state index in [-0.39, 0.29) is 12.0 Å². The summed E-state index contributed by atoms with van der Waals surface area (Å²) in [4.78, 5) is 10.9. The average Bonchev–Trinajstić information content (AvgIpc) is 2.88. The van der Waals surface area contributed by atoms with Crippen molar-refractivity contribution in [2.24, 2.45) is 5.92 Å². The molecule has 20 heavy (non-hydrogen) atoms. The molecule has 0 spiro atoms. The lowest BCUT2D eigenvalue weighted by molar-refractivity contribution is -0.143. The van der Waals surface area contributed by atoms with Gasteiger partial charge in [-0.2, -0.15) is 5.10 Å². The molecule has 0 atom stereocenters. The van der Waals surface area contributed by atoms with Gasteiger partial charge in [0.15, 0.2) is 0 Å². The van der Waals surface area contributed by atoms with E-state index in [4.69, 9.17) is 9.84 Å². The Labute approximate surface area is 119 Å². The monoisotopic (exact) mass is 280 g/mol. The summed E-state index contributed by atoms with van der Waals surface area (Å²) in [5.41, 5.74) is 2.21. The van der Waals surface area contributed by atoms with E-state index in [9.17, 15) is 4.79 Å². The van der Waals surface area contributed by atoms with E-state index in [0.717, 1.165) is 50.0 Å². The van der Waals surface area contributed by atoms with Crippen LogP contribution in [0.15, 0.2) is 6.07 Å². The minimum Gasteiger partial charge on any atom is -0.481 e. The number of aromatic nitrogens is 2. The minimum absolute atomic E-state index is 0.178. The van der Waals surface area contributed by atoms with Gasteiger partial charge in [0.1, 0.15) is 0 Å². The standard InChI is InChI=1S/C15H24N2O3/c1-3-12-9-13(17(4-2)16-12)10-20-14-7-5-11(6-8-14)15(18)19/h9,11,14H,3-8,10H2,1-2H3,(H,18,19). The molecule has 0 radical (unpaired) electrons. The van der Waals surface area contributed by atoms with Crippen LogP contribution in [0, 0.1) is 5.92 Å². The van der Waals surface area contributed by atoms with Gasteiger partial charge in [-0.3, -0.25) is 9.48 Å². The number of rotatable bonds is 6. The number of aliphatic carboxylic acids is 1. The van der Waals surface area contributed by atoms with Crippen molar-refractivity contribution in [1.29, 1.82) is 0 Å². The molecular weight excluding hydrogens is 256 g/mol. The van der Waals surface area contributed by atoms with Gasteiger partial charge >= 0.3 is 5.97 Å². The molecule has 0 aromatic carbocycles. The van der Waals surface area contributed by atoms with E-state index in [1.165, 1.54) is 0 Å². The van der Waals surface area contributed by atoms with Crippen molar-refractivity contribution in [3.05, 3.63) is 17.5 Å². The molecule has 1 aromatic rings. The molecule has 1 fully saturated rings. The summed E-state index contributed by atoms with van der Waals surface area (Å²) in [6, 6.07) is 2.10. The second kappa shape index (κ2) is 6.88. The number of hydrogen-bond acceptors (Lipinski definition) is 3. The first-order chi connectivity index (χ1) is 9.63. The molecule has 0 bridgehead atoms. The molecule has 0 amide bonds. The Morgan fingerprint density at radius 1 is 1.40 bits per heavy atom. The Kier molecular flexibility index (Phi) is 5.17. The summed E-state index contributed by atoms with van der Waals surface area (Å²) >= 11 is 0. The van der Waals surface area contributed by atoms with Gasteiger partial charge in [0.2, 0.25) is 0 Å². The highest BCUT2D eigenvalue weighted by Crippen LogP contribution is 2.27. The molecule has 1 saturated carbocycles. The molecule has 1 aliphatic carbocycles. The fourth-order valence-corrected chi connectivity index (χ4v) is 2.76. The molecule has 0 aliphatic heterocycles. The van der Waals surface area contributed by atoms with Crippen molar-refractivity contribution in [2.45, 2.75) is 65.2 Å². The maximum Gasteiger partial charge on any atom is 0.306 e. The molecule has 1 N–H and O–H groups in total. The van der Waals surface area contributed by atoms with E-state index in [0.29, 0.717) is 6.61 Å². The zero-order valence-corrected chi connectivity index (χ0v) is 12.3. The number of aryl methyl sites for hydroxylation is 2. The van der Waals surface area contributed by atoms with Crippen LogP contribution in [0.25, 0.3) is 0 Å². The maximum absolute atomic E-state index is 10.9. The number of carboxylic acids is 1. The van der Waals surface area contributed by atoms with Gasteiger partial charge in [0, 0.05) is 6.54 Å². The molecule has 0 saturated heterocycles. The summed E-state index contributed by atoms with van der Waals surface area (Å²) in [5.74, 6) is -0.845. The predicted molar refractivity (Wildman–Crippen MR) is 75.4 cm³/mol. The van der Waals surface area contributed by atoms with E-state index in [2.05, 4.69) is 25.0 Å². The topological polar surface area (TPSA) is 64.3 Å². The number of carbonyl (C=O) groups is 1. The first-order valence-corrected chi connectivity index (χ1v) is 7.54. The van der Waals surface area contributed by atoms with Crippen molar-refractivity contribution < 1.29 is 14.6 Å². The fourth-order valence-electron chi connectivity index (χ4n) is 2.76. The summed E-state index contributed by atoms with van der Waals surface area (Å²) in [6.45, 7) is 5.60. The Bertz CT molecular complexity index is 448. The van der Waals surface area contributed by atoms with E-state index >= 15 is 0 Å². The van der Waals surface area contributed by atoms with E-state index in [1.54, 1.807) is 0 Å². The van der Waals surface area contributed by atoms with Crippen molar-refractivity contribution in [3.63, 3.8) is 0 Å². The zero-order chi connectivity index (χ0) is 14.5. The molecule has 2 rings (SSSR count). The molecule has 112 valence electrons. The largest absolute Gasteiger partial charge is 0.481 e. The van der Waals surface area contributed by atoms with Gasteiger partial charge in [0.25, 0.3) is 0 Å². The van der Waals surface area contributed by atoms with Crippen LogP contribution in [0.1, 0.15) is 50.9 Å². The Morgan fingerprint density at radius 3 is 2.65 bits per heavy atom. The first-order valence-electron chi connectivity index (χ1n) is 7.54. The molecular formula is C15H24N2O3. The fraction of sp³-hybridized carbons (Fsp3) is 0.733. The molecule has 1 aromatic heterocycles. The highest BCUT2D eigenvalue weighted by molar-refractivity contribution is 5.70. The molecule has 1 heterocycles. The second-order valence-electron chi connectivity index (χ2n) is 5.42. The molecule has 0 unspecified atom stereocenters. The van der Waals surface area contributed by atoms with Gasteiger partial charge in [-0.25, -0.2) is 0 Å². The number of carboxylic acid groups (broad SMARTS) is 1. The highest BCUT2D eigenvalue weighted by atomic mass is 16.5. The van der Waals surface area contributed by atoms with Crippen molar-refractivity contribution in [2.75, 3.05) is 0 Å². The van der Waals surface area contributed by atoms with Crippen LogP contribution < -0.4 is 0 Å². The predicted octanol–water partition coefficient (Wildman–Crippen LogP) is 2.63. The van der Waals surface area contributed by atoms with Crippen LogP contribution >= 0.6 is 0 Å². The van der Waals surface area contributed by atoms with Crippen LogP contribution in [-0.4, -0.2) is 27.0 Å². The SMILES string of the molecule is CCc1cc(COC2CCC(C(=O)O)CC2)n(CC)n1. The lowest BCUT2D eigenvalue weighted by atomic mass is 9.87. The third-order valence-corrected chi connectivity index (χ3v) is 4.07. The third-order valence-electron chi connectivity index (χ3n) is 4.07. The average molecular weight is 280 g/mol. The number of ether oxygens (including phenoxy) is 1. The van der Waals surface area contributed by atoms with Crippen LogP contribution in [0.2, 0.25) is 0 Å². The number of nitrogens with zero attached hydrogens (tertiary/aromatic N) is 2. The zero-order valence-electron chi connectivity index (χ0n) is 12.3. The highest BCUT2D eigenvalue weighted by Gasteiger charge is 2.26. The lowest BCUT2D eigenvalue weighted by Crippen LogP contribution is -2.26. The van der Waals surface area contributed by atoms with Crippen molar-refractivity contribution in [1.82, 2.24) is 9.78 Å². The third kappa shape index (κ3) is 3.60. The van der Waals surface area contributed by atoms with Crippen LogP contribution in [0.5, 0.6) is 0 Å². The van der Waals surface area contributed by atoms with Gasteiger partial charge in [-0.15, -0.1) is 0 Å². The second-order valence-corrected chi connectivity index (χ2v) is 5.42. The quantitative estimate of drug-likeness (QED) is 0.870. The van der Waals surface area contributed by atoms with Gasteiger partial charge in [0.05, 0.1) is 30.0 Å². The smallest absolute Gasteiger partial charge is 0.306 e. The Hall–Kier alpha value is -1.36. The Morgan fingerprint density at radius 2 is 2.10 bits per heavy atom. The van der Waals surface area contributed by atoms with Gasteiger partial charge in [-0.1, -0.05) is 6.92 Å². The summed E-state index contributed by atoms with van der Waals surface area (Å²) in [7, 11) is 0. The summed E-state index contributed by atoms with van der Waals surface area (Å²) < 4.78 is 7.93. The molecule has 1 aliphatic rings. The molecule has 5 heteroatoms. The normalized spacial score (nSPS) is 22.9. The van der Waals surface area contributed by atoms with E-state index in [1.807, 2.05) is 4.68 Å². The van der Waals surface area contributed by atoms with Crippen molar-refractivity contribution >= 4 is 5.97 Å². The lowest BCUT2D eigenvalue weighted by Gasteiger charge is -2.26. The summed E-state index contributed by atoms with van der Waals surface area (Å²) in [6.07, 6.45) is 4.27. The maximum atomic E-state index is 10.9. The summed E-state index contributed by atoms with van der Waals surface area (Å²) in [5, 5.41) is 13.5. The van der Waals surface area contributed by atoms with E-state index < -0.39 is 5.97 Å². The van der Waals surface area contributed by atoms with Crippen LogP contribution in [0.3, 0.4) is 0 Å². The Balaban J connectivity index is 1.84. The molecule has 5 nitrogen and oxygen atoms in total. The van der Waals surface area contributed by atoms with Crippen molar-refractivity contribution in [3.8, 4) is 0 Å². The van der Waals surface area contributed by atoms with Gasteiger partial charge < -0.3 is 9.84 Å². The van der Waals surface area contributed by atoms with Gasteiger partial charge in [-0.05, 0) is 45.1 Å². The first kappa shape index (κ1) is 15.0. The van der Waals surface area contributed by atoms with Crippen LogP contribution in [0.4, 0.5) is 0 Å². The van der Waals surface area contributed by atoms with Crippen LogP contribution in [-0.2, 0) is 29.1 Å². The minimum atomic E-state index is -0.667. The number of hydrogen-bond donors (Lipinski definition) is 1.